The van der Waals surface area contributed by atoms with E-state index in [-0.39, 0.29) is 5.91 Å². The molecule has 2 aromatic rings. The van der Waals surface area contributed by atoms with Crippen molar-refractivity contribution in [2.45, 2.75) is 6.42 Å². The summed E-state index contributed by atoms with van der Waals surface area (Å²) in [5, 5.41) is 4.24. The second-order valence-electron chi connectivity index (χ2n) is 4.88. The summed E-state index contributed by atoms with van der Waals surface area (Å²) in [7, 11) is 0. The number of carbonyl (C=O) groups excluding carboxylic acids is 1. The van der Waals surface area contributed by atoms with Gasteiger partial charge < -0.3 is 10.2 Å². The Bertz CT molecular complexity index is 688. The third kappa shape index (κ3) is 2.85. The van der Waals surface area contributed by atoms with E-state index in [1.54, 1.807) is 23.1 Å². The van der Waals surface area contributed by atoms with Crippen LogP contribution in [0.4, 0.5) is 11.4 Å². The van der Waals surface area contributed by atoms with Crippen LogP contribution < -0.4 is 10.2 Å². The molecule has 21 heavy (non-hydrogen) atoms. The third-order valence-corrected chi connectivity index (χ3v) is 4.02. The molecule has 0 bridgehead atoms. The SMILES string of the molecule is O=C(c1ccc(Cl)cc1Cl)N1CCCNc2ccccc21. The van der Waals surface area contributed by atoms with Crippen LogP contribution in [0.5, 0.6) is 0 Å². The van der Waals surface area contributed by atoms with Crippen molar-refractivity contribution in [2.75, 3.05) is 23.3 Å². The molecule has 1 amide bonds. The summed E-state index contributed by atoms with van der Waals surface area (Å²) in [6.07, 6.45) is 0.881. The van der Waals surface area contributed by atoms with Crippen LogP contribution in [0.25, 0.3) is 0 Å². The Morgan fingerprint density at radius 2 is 1.95 bits per heavy atom. The maximum Gasteiger partial charge on any atom is 0.259 e. The largest absolute Gasteiger partial charge is 0.383 e. The average Bonchev–Trinajstić information content (AvgIpc) is 2.69. The number of amides is 1. The smallest absolute Gasteiger partial charge is 0.259 e. The Hall–Kier alpha value is -1.71. The normalized spacial score (nSPS) is 14.1. The minimum Gasteiger partial charge on any atom is -0.383 e. The molecule has 5 heteroatoms. The molecule has 3 nitrogen and oxygen atoms in total. The fourth-order valence-corrected chi connectivity index (χ4v) is 2.95. The highest BCUT2D eigenvalue weighted by atomic mass is 35.5. The standard InChI is InChI=1S/C16H14Cl2N2O/c17-11-6-7-12(13(18)10-11)16(21)20-9-3-8-19-14-4-1-2-5-15(14)20/h1-2,4-7,10,19H,3,8-9H2. The van der Waals surface area contributed by atoms with E-state index >= 15 is 0 Å². The summed E-state index contributed by atoms with van der Waals surface area (Å²) in [5.41, 5.74) is 2.32. The highest BCUT2D eigenvalue weighted by Crippen LogP contribution is 2.31. The highest BCUT2D eigenvalue weighted by Gasteiger charge is 2.23. The molecule has 0 spiro atoms. The van der Waals surface area contributed by atoms with E-state index in [1.165, 1.54) is 0 Å². The molecule has 0 saturated carbocycles. The summed E-state index contributed by atoms with van der Waals surface area (Å²) < 4.78 is 0. The van der Waals surface area contributed by atoms with E-state index in [0.717, 1.165) is 24.3 Å². The van der Waals surface area contributed by atoms with Crippen molar-refractivity contribution in [1.82, 2.24) is 0 Å². The lowest BCUT2D eigenvalue weighted by atomic mass is 10.1. The molecule has 0 saturated heterocycles. The molecule has 0 unspecified atom stereocenters. The first-order valence-electron chi connectivity index (χ1n) is 6.76. The van der Waals surface area contributed by atoms with Gasteiger partial charge in [0.25, 0.3) is 5.91 Å². The molecule has 2 aromatic carbocycles. The van der Waals surface area contributed by atoms with Crippen LogP contribution in [-0.2, 0) is 0 Å². The first kappa shape index (κ1) is 14.2. The highest BCUT2D eigenvalue weighted by molar-refractivity contribution is 6.37. The summed E-state index contributed by atoms with van der Waals surface area (Å²) >= 11 is 12.1. The van der Waals surface area contributed by atoms with E-state index in [2.05, 4.69) is 5.32 Å². The van der Waals surface area contributed by atoms with Crippen molar-refractivity contribution in [3.05, 3.63) is 58.1 Å². The number of halogens is 2. The number of nitrogens with zero attached hydrogens (tertiary/aromatic N) is 1. The number of hydrogen-bond donors (Lipinski definition) is 1. The van der Waals surface area contributed by atoms with Crippen LogP contribution in [0, 0.1) is 0 Å². The number of carbonyl (C=O) groups is 1. The van der Waals surface area contributed by atoms with Gasteiger partial charge in [-0.2, -0.15) is 0 Å². The number of para-hydroxylation sites is 2. The summed E-state index contributed by atoms with van der Waals surface area (Å²) in [5.74, 6) is -0.104. The maximum absolute atomic E-state index is 12.8. The number of fused-ring (bicyclic) bond motifs is 1. The molecular formula is C16H14Cl2N2O. The van der Waals surface area contributed by atoms with Crippen molar-refractivity contribution >= 4 is 40.5 Å². The van der Waals surface area contributed by atoms with Crippen molar-refractivity contribution in [2.24, 2.45) is 0 Å². The average molecular weight is 321 g/mol. The maximum atomic E-state index is 12.8. The van der Waals surface area contributed by atoms with E-state index < -0.39 is 0 Å². The van der Waals surface area contributed by atoms with Gasteiger partial charge in [0, 0.05) is 18.1 Å². The fraction of sp³-hybridized carbons (Fsp3) is 0.188. The zero-order valence-electron chi connectivity index (χ0n) is 11.3. The first-order chi connectivity index (χ1) is 10.2. The van der Waals surface area contributed by atoms with Crippen LogP contribution >= 0.6 is 23.2 Å². The number of nitrogens with one attached hydrogen (secondary N) is 1. The summed E-state index contributed by atoms with van der Waals surface area (Å²) in [6.45, 7) is 1.50. The molecule has 1 heterocycles. The predicted octanol–water partition coefficient (Wildman–Crippen LogP) is 4.46. The zero-order chi connectivity index (χ0) is 14.8. The quantitative estimate of drug-likeness (QED) is 0.841. The van der Waals surface area contributed by atoms with Crippen LogP contribution in [-0.4, -0.2) is 19.0 Å². The first-order valence-corrected chi connectivity index (χ1v) is 7.52. The summed E-state index contributed by atoms with van der Waals surface area (Å²) in [6, 6.07) is 12.7. The van der Waals surface area contributed by atoms with Crippen LogP contribution in [0.3, 0.4) is 0 Å². The van der Waals surface area contributed by atoms with Gasteiger partial charge in [0.05, 0.1) is 22.0 Å². The van der Waals surface area contributed by atoms with Crippen molar-refractivity contribution in [3.63, 3.8) is 0 Å². The predicted molar refractivity (Wildman–Crippen MR) is 87.7 cm³/mol. The van der Waals surface area contributed by atoms with Gasteiger partial charge in [-0.05, 0) is 36.8 Å². The Balaban J connectivity index is 2.01. The minimum atomic E-state index is -0.104. The van der Waals surface area contributed by atoms with Gasteiger partial charge in [0.15, 0.2) is 0 Å². The summed E-state index contributed by atoms with van der Waals surface area (Å²) in [4.78, 5) is 14.6. The van der Waals surface area contributed by atoms with Crippen molar-refractivity contribution in [1.29, 1.82) is 0 Å². The Morgan fingerprint density at radius 1 is 1.14 bits per heavy atom. The molecule has 0 aliphatic carbocycles. The topological polar surface area (TPSA) is 32.3 Å². The Labute approximate surface area is 133 Å². The molecule has 0 fully saturated rings. The molecule has 1 N–H and O–H groups in total. The number of anilines is 2. The lowest BCUT2D eigenvalue weighted by Crippen LogP contribution is -2.31. The second kappa shape index (κ2) is 5.96. The monoisotopic (exact) mass is 320 g/mol. The van der Waals surface area contributed by atoms with Gasteiger partial charge in [-0.1, -0.05) is 35.3 Å². The number of rotatable bonds is 1. The molecule has 108 valence electrons. The van der Waals surface area contributed by atoms with Gasteiger partial charge in [0.2, 0.25) is 0 Å². The lowest BCUT2D eigenvalue weighted by molar-refractivity contribution is 0.0987. The Morgan fingerprint density at radius 3 is 2.76 bits per heavy atom. The zero-order valence-corrected chi connectivity index (χ0v) is 12.8. The van der Waals surface area contributed by atoms with Gasteiger partial charge >= 0.3 is 0 Å². The van der Waals surface area contributed by atoms with Crippen molar-refractivity contribution < 1.29 is 4.79 Å². The second-order valence-corrected chi connectivity index (χ2v) is 5.72. The van der Waals surface area contributed by atoms with Crippen molar-refractivity contribution in [3.8, 4) is 0 Å². The van der Waals surface area contributed by atoms with E-state index in [4.69, 9.17) is 23.2 Å². The molecule has 0 aromatic heterocycles. The third-order valence-electron chi connectivity index (χ3n) is 3.48. The fourth-order valence-electron chi connectivity index (χ4n) is 2.46. The van der Waals surface area contributed by atoms with Gasteiger partial charge in [-0.15, -0.1) is 0 Å². The number of hydrogen-bond acceptors (Lipinski definition) is 2. The lowest BCUT2D eigenvalue weighted by Gasteiger charge is -2.23. The van der Waals surface area contributed by atoms with E-state index in [0.29, 0.717) is 22.2 Å². The van der Waals surface area contributed by atoms with Gasteiger partial charge in [0.1, 0.15) is 0 Å². The Kier molecular flexibility index (Phi) is 4.04. The molecule has 1 aliphatic heterocycles. The van der Waals surface area contributed by atoms with Crippen LogP contribution in [0.15, 0.2) is 42.5 Å². The van der Waals surface area contributed by atoms with Crippen LogP contribution in [0.2, 0.25) is 10.0 Å². The minimum absolute atomic E-state index is 0.104. The molecule has 0 radical (unpaired) electrons. The molecule has 1 aliphatic rings. The number of benzene rings is 2. The molecular weight excluding hydrogens is 307 g/mol. The molecule has 3 rings (SSSR count). The van der Waals surface area contributed by atoms with E-state index in [9.17, 15) is 4.79 Å². The molecule has 0 atom stereocenters. The van der Waals surface area contributed by atoms with Gasteiger partial charge in [-0.25, -0.2) is 0 Å². The van der Waals surface area contributed by atoms with Gasteiger partial charge in [-0.3, -0.25) is 4.79 Å². The van der Waals surface area contributed by atoms with Crippen LogP contribution in [0.1, 0.15) is 16.8 Å². The van der Waals surface area contributed by atoms with E-state index in [1.807, 2.05) is 24.3 Å².